The molecule has 2 amide bonds. The zero-order valence-corrected chi connectivity index (χ0v) is 13.3. The van der Waals surface area contributed by atoms with Crippen LogP contribution in [0.4, 0.5) is 10.5 Å². The topological polar surface area (TPSA) is 70.6 Å². The number of hydrogen-bond donors (Lipinski definition) is 3. The smallest absolute Gasteiger partial charge is 0.319 e. The molecule has 0 spiro atoms. The highest BCUT2D eigenvalue weighted by molar-refractivity contribution is 5.89. The first-order valence-corrected chi connectivity index (χ1v) is 7.39. The van der Waals surface area contributed by atoms with Gasteiger partial charge >= 0.3 is 6.03 Å². The number of ether oxygens (including phenoxy) is 1. The summed E-state index contributed by atoms with van der Waals surface area (Å²) in [6.45, 7) is 8.40. The van der Waals surface area contributed by atoms with Crippen molar-refractivity contribution in [1.82, 2.24) is 5.32 Å². The molecule has 2 unspecified atom stereocenters. The van der Waals surface area contributed by atoms with Crippen LogP contribution < -0.4 is 15.4 Å². The summed E-state index contributed by atoms with van der Waals surface area (Å²) >= 11 is 0. The molecule has 0 aliphatic rings. The van der Waals surface area contributed by atoms with Gasteiger partial charge in [-0.2, -0.15) is 0 Å². The number of aliphatic hydroxyl groups is 1. The van der Waals surface area contributed by atoms with Crippen LogP contribution >= 0.6 is 0 Å². The minimum atomic E-state index is -0.917. The van der Waals surface area contributed by atoms with E-state index in [1.807, 2.05) is 32.9 Å². The molecule has 0 aliphatic carbocycles. The standard InChI is InChI=1S/C16H26N2O3/c1-5-12(3)16(4,20)11-17-15(19)18-13-8-7-9-14(10-13)21-6-2/h7-10,12,20H,5-6,11H2,1-4H3,(H2,17,18,19). The van der Waals surface area contributed by atoms with E-state index in [1.54, 1.807) is 19.1 Å². The van der Waals surface area contributed by atoms with Crippen LogP contribution in [0.2, 0.25) is 0 Å². The van der Waals surface area contributed by atoms with Crippen LogP contribution in [0.15, 0.2) is 24.3 Å². The third-order valence-electron chi connectivity index (χ3n) is 3.68. The number of urea groups is 1. The van der Waals surface area contributed by atoms with Gasteiger partial charge in [0.05, 0.1) is 12.2 Å². The van der Waals surface area contributed by atoms with E-state index in [1.165, 1.54) is 0 Å². The quantitative estimate of drug-likeness (QED) is 0.724. The zero-order chi connectivity index (χ0) is 15.9. The summed E-state index contributed by atoms with van der Waals surface area (Å²) < 4.78 is 5.38. The van der Waals surface area contributed by atoms with E-state index in [2.05, 4.69) is 10.6 Å². The van der Waals surface area contributed by atoms with E-state index in [4.69, 9.17) is 4.74 Å². The van der Waals surface area contributed by atoms with Crippen molar-refractivity contribution in [1.29, 1.82) is 0 Å². The fraction of sp³-hybridized carbons (Fsp3) is 0.562. The van der Waals surface area contributed by atoms with Gasteiger partial charge in [-0.3, -0.25) is 0 Å². The van der Waals surface area contributed by atoms with Gasteiger partial charge in [0.1, 0.15) is 5.75 Å². The van der Waals surface area contributed by atoms with Gasteiger partial charge in [0.25, 0.3) is 0 Å². The van der Waals surface area contributed by atoms with Crippen molar-refractivity contribution < 1.29 is 14.6 Å². The van der Waals surface area contributed by atoms with Crippen LogP contribution in [0.25, 0.3) is 0 Å². The van der Waals surface area contributed by atoms with Gasteiger partial charge in [-0.05, 0) is 31.9 Å². The van der Waals surface area contributed by atoms with Gasteiger partial charge in [0.15, 0.2) is 0 Å². The van der Waals surface area contributed by atoms with E-state index < -0.39 is 5.60 Å². The molecule has 2 atom stereocenters. The van der Waals surface area contributed by atoms with Crippen molar-refractivity contribution in [2.45, 2.75) is 39.7 Å². The Morgan fingerprint density at radius 2 is 2.14 bits per heavy atom. The van der Waals surface area contributed by atoms with E-state index in [9.17, 15) is 9.90 Å². The Morgan fingerprint density at radius 1 is 1.43 bits per heavy atom. The Hall–Kier alpha value is -1.75. The molecule has 1 aromatic carbocycles. The predicted molar refractivity (Wildman–Crippen MR) is 84.7 cm³/mol. The van der Waals surface area contributed by atoms with Gasteiger partial charge in [-0.25, -0.2) is 4.79 Å². The molecular formula is C16H26N2O3. The van der Waals surface area contributed by atoms with Gasteiger partial charge in [-0.15, -0.1) is 0 Å². The molecule has 5 nitrogen and oxygen atoms in total. The van der Waals surface area contributed by atoms with Gasteiger partial charge < -0.3 is 20.5 Å². The van der Waals surface area contributed by atoms with Gasteiger partial charge in [0, 0.05) is 18.3 Å². The fourth-order valence-electron chi connectivity index (χ4n) is 1.88. The summed E-state index contributed by atoms with van der Waals surface area (Å²) in [5.74, 6) is 0.820. The molecule has 1 aromatic rings. The third kappa shape index (κ3) is 5.63. The Balaban J connectivity index is 2.52. The Kier molecular flexibility index (Phi) is 6.49. The highest BCUT2D eigenvalue weighted by Gasteiger charge is 2.27. The monoisotopic (exact) mass is 294 g/mol. The van der Waals surface area contributed by atoms with Crippen molar-refractivity contribution >= 4 is 11.7 Å². The third-order valence-corrected chi connectivity index (χ3v) is 3.68. The molecule has 0 saturated heterocycles. The number of carbonyl (C=O) groups is 1. The zero-order valence-electron chi connectivity index (χ0n) is 13.3. The maximum absolute atomic E-state index is 11.9. The second kappa shape index (κ2) is 7.88. The normalized spacial score (nSPS) is 14.9. The van der Waals surface area contributed by atoms with Crippen LogP contribution in [0.1, 0.15) is 34.1 Å². The van der Waals surface area contributed by atoms with Crippen LogP contribution in [0.5, 0.6) is 5.75 Å². The lowest BCUT2D eigenvalue weighted by molar-refractivity contribution is 0.00827. The number of carbonyl (C=O) groups excluding carboxylic acids is 1. The first-order valence-electron chi connectivity index (χ1n) is 7.39. The number of nitrogens with one attached hydrogen (secondary N) is 2. The molecular weight excluding hydrogens is 268 g/mol. The van der Waals surface area contributed by atoms with Gasteiger partial charge in [-0.1, -0.05) is 26.3 Å². The van der Waals surface area contributed by atoms with Crippen LogP contribution in [0, 0.1) is 5.92 Å². The Bertz CT molecular complexity index is 461. The number of hydrogen-bond acceptors (Lipinski definition) is 3. The summed E-state index contributed by atoms with van der Waals surface area (Å²) in [7, 11) is 0. The average molecular weight is 294 g/mol. The molecule has 5 heteroatoms. The summed E-state index contributed by atoms with van der Waals surface area (Å²) in [5, 5.41) is 15.7. The molecule has 0 aromatic heterocycles. The van der Waals surface area contributed by atoms with E-state index in [-0.39, 0.29) is 18.5 Å². The number of amides is 2. The molecule has 118 valence electrons. The number of benzene rings is 1. The van der Waals surface area contributed by atoms with Crippen molar-refractivity contribution in [3.63, 3.8) is 0 Å². The highest BCUT2D eigenvalue weighted by Crippen LogP contribution is 2.19. The fourth-order valence-corrected chi connectivity index (χ4v) is 1.88. The average Bonchev–Trinajstić information content (AvgIpc) is 2.45. The van der Waals surface area contributed by atoms with E-state index in [0.717, 1.165) is 6.42 Å². The summed E-state index contributed by atoms with van der Waals surface area (Å²) in [6, 6.07) is 6.85. The molecule has 0 heterocycles. The highest BCUT2D eigenvalue weighted by atomic mass is 16.5. The number of anilines is 1. The Labute approximate surface area is 126 Å². The van der Waals surface area contributed by atoms with Crippen molar-refractivity contribution in [3.05, 3.63) is 24.3 Å². The summed E-state index contributed by atoms with van der Waals surface area (Å²) in [4.78, 5) is 11.9. The van der Waals surface area contributed by atoms with Crippen LogP contribution in [-0.2, 0) is 0 Å². The maximum atomic E-state index is 11.9. The summed E-state index contributed by atoms with van der Waals surface area (Å²) in [5.41, 5.74) is -0.263. The number of rotatable bonds is 7. The van der Waals surface area contributed by atoms with Crippen molar-refractivity contribution in [3.8, 4) is 5.75 Å². The lowest BCUT2D eigenvalue weighted by Gasteiger charge is -2.29. The second-order valence-corrected chi connectivity index (χ2v) is 5.43. The molecule has 21 heavy (non-hydrogen) atoms. The summed E-state index contributed by atoms with van der Waals surface area (Å²) in [6.07, 6.45) is 0.854. The molecule has 0 aliphatic heterocycles. The lowest BCUT2D eigenvalue weighted by Crippen LogP contribution is -2.46. The van der Waals surface area contributed by atoms with E-state index >= 15 is 0 Å². The molecule has 1 rings (SSSR count). The first kappa shape index (κ1) is 17.3. The molecule has 0 saturated carbocycles. The van der Waals surface area contributed by atoms with Crippen LogP contribution in [-0.4, -0.2) is 29.9 Å². The first-order chi connectivity index (χ1) is 9.89. The SMILES string of the molecule is CCOc1cccc(NC(=O)NCC(C)(O)C(C)CC)c1. The Morgan fingerprint density at radius 3 is 2.76 bits per heavy atom. The largest absolute Gasteiger partial charge is 0.494 e. The second-order valence-electron chi connectivity index (χ2n) is 5.43. The van der Waals surface area contributed by atoms with E-state index in [0.29, 0.717) is 18.0 Å². The van der Waals surface area contributed by atoms with Crippen molar-refractivity contribution in [2.75, 3.05) is 18.5 Å². The maximum Gasteiger partial charge on any atom is 0.319 e. The molecule has 0 bridgehead atoms. The molecule has 3 N–H and O–H groups in total. The minimum absolute atomic E-state index is 0.110. The molecule has 0 fully saturated rings. The van der Waals surface area contributed by atoms with Gasteiger partial charge in [0.2, 0.25) is 0 Å². The molecule has 0 radical (unpaired) electrons. The van der Waals surface area contributed by atoms with Crippen LogP contribution in [0.3, 0.4) is 0 Å². The minimum Gasteiger partial charge on any atom is -0.494 e. The predicted octanol–water partition coefficient (Wildman–Crippen LogP) is 3.00. The lowest BCUT2D eigenvalue weighted by atomic mass is 9.89. The van der Waals surface area contributed by atoms with Crippen molar-refractivity contribution in [2.24, 2.45) is 5.92 Å².